The molecule has 0 aliphatic carbocycles. The second-order valence-corrected chi connectivity index (χ2v) is 10.2. The highest BCUT2D eigenvalue weighted by molar-refractivity contribution is 7.80. The Morgan fingerprint density at radius 1 is 1.05 bits per heavy atom. The standard InChI is InChI=1S/C29H27N3O7S/c1-16(2)25(29(34)35)32(40(36)37)22-12-7-19(8-13-22)18-5-10-21(11-6-18)31-28(33)26-17(3)24-23(39-26)14-9-20(15-30)27(24)38-4/h5-14,16,25H,1-4H3,(H,31,33)(H,34,35)(H,36,37). The zero-order chi connectivity index (χ0) is 29.1. The number of hydrogen-bond donors (Lipinski definition) is 3. The van der Waals surface area contributed by atoms with E-state index in [1.807, 2.05) is 0 Å². The van der Waals surface area contributed by atoms with E-state index < -0.39 is 35.1 Å². The number of rotatable bonds is 9. The van der Waals surface area contributed by atoms with Crippen LogP contribution in [0.1, 0.15) is 35.5 Å². The zero-order valence-corrected chi connectivity index (χ0v) is 23.0. The molecule has 4 aromatic rings. The van der Waals surface area contributed by atoms with Crippen LogP contribution >= 0.6 is 0 Å². The highest BCUT2D eigenvalue weighted by atomic mass is 32.2. The van der Waals surface area contributed by atoms with E-state index in [4.69, 9.17) is 9.15 Å². The molecule has 40 heavy (non-hydrogen) atoms. The van der Waals surface area contributed by atoms with Crippen molar-refractivity contribution in [2.24, 2.45) is 5.92 Å². The van der Waals surface area contributed by atoms with Gasteiger partial charge in [-0.2, -0.15) is 5.26 Å². The average molecular weight is 562 g/mol. The van der Waals surface area contributed by atoms with Crippen molar-refractivity contribution in [3.8, 4) is 22.9 Å². The Morgan fingerprint density at radius 2 is 1.65 bits per heavy atom. The predicted octanol–water partition coefficient (Wildman–Crippen LogP) is 5.59. The Morgan fingerprint density at radius 3 is 2.15 bits per heavy atom. The summed E-state index contributed by atoms with van der Waals surface area (Å²) >= 11 is -2.53. The summed E-state index contributed by atoms with van der Waals surface area (Å²) in [6, 6.07) is 17.8. The third-order valence-electron chi connectivity index (χ3n) is 6.48. The van der Waals surface area contributed by atoms with Crippen molar-refractivity contribution in [1.29, 1.82) is 5.26 Å². The minimum Gasteiger partial charge on any atom is -0.495 e. The molecular weight excluding hydrogens is 534 g/mol. The van der Waals surface area contributed by atoms with E-state index in [2.05, 4.69) is 11.4 Å². The van der Waals surface area contributed by atoms with Gasteiger partial charge in [0, 0.05) is 11.3 Å². The monoisotopic (exact) mass is 561 g/mol. The molecule has 2 atom stereocenters. The number of amides is 1. The first kappa shape index (κ1) is 28.4. The van der Waals surface area contributed by atoms with Crippen LogP contribution in [-0.2, 0) is 16.1 Å². The van der Waals surface area contributed by atoms with E-state index >= 15 is 0 Å². The molecule has 206 valence electrons. The lowest BCUT2D eigenvalue weighted by molar-refractivity contribution is -0.139. The quantitative estimate of drug-likeness (QED) is 0.223. The summed E-state index contributed by atoms with van der Waals surface area (Å²) in [5.41, 5.74) is 3.76. The molecule has 10 nitrogen and oxygen atoms in total. The van der Waals surface area contributed by atoms with Crippen molar-refractivity contribution in [2.45, 2.75) is 26.8 Å². The van der Waals surface area contributed by atoms with E-state index in [-0.39, 0.29) is 5.76 Å². The van der Waals surface area contributed by atoms with Crippen LogP contribution in [0.15, 0.2) is 65.1 Å². The van der Waals surface area contributed by atoms with Crippen molar-refractivity contribution in [3.63, 3.8) is 0 Å². The lowest BCUT2D eigenvalue weighted by Gasteiger charge is -2.29. The Hall–Kier alpha value is -4.66. The molecule has 0 fully saturated rings. The summed E-state index contributed by atoms with van der Waals surface area (Å²) < 4.78 is 33.9. The van der Waals surface area contributed by atoms with Crippen LogP contribution in [0.25, 0.3) is 22.1 Å². The van der Waals surface area contributed by atoms with Gasteiger partial charge in [-0.3, -0.25) is 13.7 Å². The van der Waals surface area contributed by atoms with Crippen LogP contribution < -0.4 is 14.4 Å². The summed E-state index contributed by atoms with van der Waals surface area (Å²) in [6.45, 7) is 5.07. The minimum atomic E-state index is -2.53. The zero-order valence-electron chi connectivity index (χ0n) is 22.2. The number of furan rings is 1. The third-order valence-corrected chi connectivity index (χ3v) is 7.26. The van der Waals surface area contributed by atoms with Gasteiger partial charge >= 0.3 is 5.97 Å². The molecular formula is C29H27N3O7S. The molecule has 0 radical (unpaired) electrons. The van der Waals surface area contributed by atoms with E-state index in [9.17, 15) is 28.7 Å². The van der Waals surface area contributed by atoms with Gasteiger partial charge in [0.2, 0.25) is 0 Å². The third kappa shape index (κ3) is 5.40. The van der Waals surface area contributed by atoms with Gasteiger partial charge in [0.25, 0.3) is 17.2 Å². The molecule has 0 aliphatic heterocycles. The summed E-state index contributed by atoms with van der Waals surface area (Å²) in [7, 11) is 1.46. The van der Waals surface area contributed by atoms with Crippen LogP contribution in [0.3, 0.4) is 0 Å². The van der Waals surface area contributed by atoms with Crippen LogP contribution in [0.4, 0.5) is 11.4 Å². The van der Waals surface area contributed by atoms with Gasteiger partial charge in [-0.05, 0) is 60.4 Å². The van der Waals surface area contributed by atoms with Gasteiger partial charge in [-0.25, -0.2) is 9.00 Å². The highest BCUT2D eigenvalue weighted by Gasteiger charge is 2.32. The van der Waals surface area contributed by atoms with Gasteiger partial charge in [-0.15, -0.1) is 0 Å². The van der Waals surface area contributed by atoms with Crippen LogP contribution in [0.2, 0.25) is 0 Å². The van der Waals surface area contributed by atoms with Crippen molar-refractivity contribution in [3.05, 3.63) is 77.6 Å². The molecule has 0 spiro atoms. The Labute approximate surface area is 233 Å². The van der Waals surface area contributed by atoms with Crippen molar-refractivity contribution in [1.82, 2.24) is 0 Å². The van der Waals surface area contributed by atoms with E-state index in [0.29, 0.717) is 39.2 Å². The van der Waals surface area contributed by atoms with Crippen LogP contribution in [-0.4, -0.2) is 38.9 Å². The van der Waals surface area contributed by atoms with Crippen LogP contribution in [0.5, 0.6) is 5.75 Å². The SMILES string of the molecule is COc1c(C#N)ccc2oc(C(=O)Nc3ccc(-c4ccc(N(C(C(=O)O)C(C)C)S(=O)O)cc4)cc3)c(C)c12. The van der Waals surface area contributed by atoms with E-state index in [0.717, 1.165) is 15.4 Å². The molecule has 11 heteroatoms. The van der Waals surface area contributed by atoms with Gasteiger partial charge in [0.1, 0.15) is 23.4 Å². The maximum atomic E-state index is 13.0. The number of aliphatic carboxylic acids is 1. The number of nitrogens with zero attached hydrogens (tertiary/aromatic N) is 2. The summed E-state index contributed by atoms with van der Waals surface area (Å²) in [5.74, 6) is -1.59. The maximum absolute atomic E-state index is 13.0. The number of fused-ring (bicyclic) bond motifs is 1. The first-order valence-electron chi connectivity index (χ1n) is 12.2. The number of nitrogens with one attached hydrogen (secondary N) is 1. The molecule has 1 aromatic heterocycles. The Balaban J connectivity index is 1.54. The molecule has 1 heterocycles. The first-order chi connectivity index (χ1) is 19.1. The van der Waals surface area contributed by atoms with Gasteiger partial charge < -0.3 is 19.6 Å². The van der Waals surface area contributed by atoms with E-state index in [1.54, 1.807) is 81.4 Å². The maximum Gasteiger partial charge on any atom is 0.327 e. The summed E-state index contributed by atoms with van der Waals surface area (Å²) in [5, 5.41) is 22.3. The number of benzene rings is 3. The molecule has 3 N–H and O–H groups in total. The number of carbonyl (C=O) groups is 2. The first-order valence-corrected chi connectivity index (χ1v) is 13.3. The molecule has 1 amide bonds. The fraction of sp³-hybridized carbons (Fsp3) is 0.207. The molecule has 0 bridgehead atoms. The number of methoxy groups -OCH3 is 1. The van der Waals surface area contributed by atoms with Crippen LogP contribution in [0, 0.1) is 24.2 Å². The van der Waals surface area contributed by atoms with E-state index in [1.165, 1.54) is 7.11 Å². The lowest BCUT2D eigenvalue weighted by atomic mass is 10.0. The Bertz CT molecular complexity index is 1640. The fourth-order valence-corrected chi connectivity index (χ4v) is 5.39. The van der Waals surface area contributed by atoms with Gasteiger partial charge in [0.05, 0.1) is 23.7 Å². The van der Waals surface area contributed by atoms with Crippen molar-refractivity contribution in [2.75, 3.05) is 16.7 Å². The Kier molecular flexibility index (Phi) is 8.23. The number of carbonyl (C=O) groups excluding carboxylic acids is 1. The molecule has 0 saturated heterocycles. The average Bonchev–Trinajstić information content (AvgIpc) is 3.27. The topological polar surface area (TPSA) is 153 Å². The number of aryl methyl sites for hydroxylation is 1. The second kappa shape index (κ2) is 11.6. The second-order valence-electron chi connectivity index (χ2n) is 9.35. The van der Waals surface area contributed by atoms with Gasteiger partial charge in [0.15, 0.2) is 5.76 Å². The largest absolute Gasteiger partial charge is 0.495 e. The molecule has 4 rings (SSSR count). The number of carboxylic acids is 1. The molecule has 2 unspecified atom stereocenters. The smallest absolute Gasteiger partial charge is 0.327 e. The normalized spacial score (nSPS) is 12.5. The lowest BCUT2D eigenvalue weighted by Crippen LogP contribution is -2.45. The number of carboxylic acid groups (broad SMARTS) is 1. The number of anilines is 2. The van der Waals surface area contributed by atoms with Crippen molar-refractivity contribution < 1.29 is 32.6 Å². The predicted molar refractivity (Wildman–Crippen MR) is 152 cm³/mol. The number of hydrogen-bond acceptors (Lipinski definition) is 6. The fourth-order valence-electron chi connectivity index (χ4n) is 4.56. The number of ether oxygens (including phenoxy) is 1. The minimum absolute atomic E-state index is 0.106. The van der Waals surface area contributed by atoms with Gasteiger partial charge in [-0.1, -0.05) is 38.1 Å². The highest BCUT2D eigenvalue weighted by Crippen LogP contribution is 2.36. The molecule has 0 saturated carbocycles. The molecule has 3 aromatic carbocycles. The summed E-state index contributed by atoms with van der Waals surface area (Å²) in [6.07, 6.45) is 0. The molecule has 0 aliphatic rings. The van der Waals surface area contributed by atoms with Crippen molar-refractivity contribution >= 4 is 45.5 Å². The summed E-state index contributed by atoms with van der Waals surface area (Å²) in [4.78, 5) is 24.7. The number of nitriles is 1.